The van der Waals surface area contributed by atoms with E-state index in [1.54, 1.807) is 18.0 Å². The SMILES string of the molecule is COc1ccc(C)cc1N1C[C@@H](C(=O)OCC(=O)N(C)Cc2ccccc2)CC1=O. The second-order valence-corrected chi connectivity index (χ2v) is 7.42. The first-order valence-corrected chi connectivity index (χ1v) is 9.78. The molecule has 1 saturated heterocycles. The maximum atomic E-state index is 12.5. The molecule has 1 atom stereocenters. The summed E-state index contributed by atoms with van der Waals surface area (Å²) in [5.74, 6) is -1.06. The van der Waals surface area contributed by atoms with E-state index < -0.39 is 11.9 Å². The number of esters is 1. The van der Waals surface area contributed by atoms with Crippen LogP contribution in [0.25, 0.3) is 0 Å². The van der Waals surface area contributed by atoms with E-state index in [0.29, 0.717) is 18.0 Å². The molecular weight excluding hydrogens is 384 g/mol. The molecule has 1 heterocycles. The average molecular weight is 410 g/mol. The zero-order chi connectivity index (χ0) is 21.7. The van der Waals surface area contributed by atoms with Crippen LogP contribution in [0.5, 0.6) is 5.75 Å². The van der Waals surface area contributed by atoms with E-state index in [1.165, 1.54) is 12.0 Å². The Kier molecular flexibility index (Phi) is 6.72. The van der Waals surface area contributed by atoms with Gasteiger partial charge in [-0.15, -0.1) is 0 Å². The maximum absolute atomic E-state index is 12.5. The van der Waals surface area contributed by atoms with Gasteiger partial charge in [0.05, 0.1) is 18.7 Å². The fraction of sp³-hybridized carbons (Fsp3) is 0.348. The summed E-state index contributed by atoms with van der Waals surface area (Å²) in [4.78, 5) is 40.3. The molecule has 1 fully saturated rings. The third-order valence-electron chi connectivity index (χ3n) is 5.11. The van der Waals surface area contributed by atoms with Gasteiger partial charge in [0.2, 0.25) is 5.91 Å². The zero-order valence-electron chi connectivity index (χ0n) is 17.5. The fourth-order valence-electron chi connectivity index (χ4n) is 3.42. The molecule has 0 radical (unpaired) electrons. The van der Waals surface area contributed by atoms with E-state index in [-0.39, 0.29) is 31.4 Å². The first-order chi connectivity index (χ1) is 14.4. The summed E-state index contributed by atoms with van der Waals surface area (Å²) in [7, 11) is 3.20. The molecule has 0 saturated carbocycles. The molecule has 0 aliphatic carbocycles. The van der Waals surface area contributed by atoms with Gasteiger partial charge >= 0.3 is 5.97 Å². The predicted octanol–water partition coefficient (Wildman–Crippen LogP) is 2.56. The zero-order valence-corrected chi connectivity index (χ0v) is 17.5. The molecule has 1 aliphatic rings. The number of aryl methyl sites for hydroxylation is 1. The van der Waals surface area contributed by atoms with Gasteiger partial charge in [-0.3, -0.25) is 14.4 Å². The van der Waals surface area contributed by atoms with Crippen molar-refractivity contribution in [3.8, 4) is 5.75 Å². The Morgan fingerprint density at radius 2 is 1.90 bits per heavy atom. The molecule has 7 nitrogen and oxygen atoms in total. The van der Waals surface area contributed by atoms with Crippen LogP contribution in [0.4, 0.5) is 5.69 Å². The third kappa shape index (κ3) is 4.97. The highest BCUT2D eigenvalue weighted by Crippen LogP contribution is 2.34. The lowest BCUT2D eigenvalue weighted by molar-refractivity contribution is -0.155. The number of ether oxygens (including phenoxy) is 2. The maximum Gasteiger partial charge on any atom is 0.311 e. The smallest absolute Gasteiger partial charge is 0.311 e. The van der Waals surface area contributed by atoms with Gasteiger partial charge in [-0.25, -0.2) is 0 Å². The number of hydrogen-bond acceptors (Lipinski definition) is 5. The molecule has 158 valence electrons. The molecule has 30 heavy (non-hydrogen) atoms. The molecular formula is C23H26N2O5. The van der Waals surface area contributed by atoms with Crippen molar-refractivity contribution in [3.05, 3.63) is 59.7 Å². The van der Waals surface area contributed by atoms with E-state index >= 15 is 0 Å². The third-order valence-corrected chi connectivity index (χ3v) is 5.11. The molecule has 2 amide bonds. The van der Waals surface area contributed by atoms with E-state index in [9.17, 15) is 14.4 Å². The minimum absolute atomic E-state index is 0.0456. The van der Waals surface area contributed by atoms with Crippen LogP contribution in [0.1, 0.15) is 17.5 Å². The van der Waals surface area contributed by atoms with Crippen molar-refractivity contribution in [3.63, 3.8) is 0 Å². The van der Waals surface area contributed by atoms with Crippen LogP contribution in [0.3, 0.4) is 0 Å². The van der Waals surface area contributed by atoms with Crippen molar-refractivity contribution in [1.29, 1.82) is 0 Å². The minimum Gasteiger partial charge on any atom is -0.495 e. The Balaban J connectivity index is 1.56. The van der Waals surface area contributed by atoms with Crippen LogP contribution in [-0.2, 0) is 25.7 Å². The van der Waals surface area contributed by atoms with Gasteiger partial charge in [0.1, 0.15) is 5.75 Å². The summed E-state index contributed by atoms with van der Waals surface area (Å²) in [5.41, 5.74) is 2.61. The Morgan fingerprint density at radius 1 is 1.17 bits per heavy atom. The Labute approximate surface area is 176 Å². The van der Waals surface area contributed by atoms with Crippen LogP contribution < -0.4 is 9.64 Å². The highest BCUT2D eigenvalue weighted by molar-refractivity contribution is 6.00. The second kappa shape index (κ2) is 9.43. The minimum atomic E-state index is -0.616. The Bertz CT molecular complexity index is 928. The van der Waals surface area contributed by atoms with Crippen molar-refractivity contribution in [2.24, 2.45) is 5.92 Å². The van der Waals surface area contributed by atoms with Crippen molar-refractivity contribution in [2.45, 2.75) is 19.9 Å². The summed E-state index contributed by atoms with van der Waals surface area (Å²) in [5, 5.41) is 0. The average Bonchev–Trinajstić information content (AvgIpc) is 3.14. The Hall–Kier alpha value is -3.35. The standard InChI is InChI=1S/C23H26N2O5/c1-16-9-10-20(29-3)19(11-16)25-14-18(12-21(25)26)23(28)30-15-22(27)24(2)13-17-7-5-4-6-8-17/h4-11,18H,12-15H2,1-3H3/t18-/m0/s1. The number of hydrogen-bond donors (Lipinski definition) is 0. The number of likely N-dealkylation sites (N-methyl/N-ethyl adjacent to an activating group) is 1. The number of nitrogens with zero attached hydrogens (tertiary/aromatic N) is 2. The molecule has 0 unspecified atom stereocenters. The second-order valence-electron chi connectivity index (χ2n) is 7.42. The van der Waals surface area contributed by atoms with Crippen LogP contribution in [0, 0.1) is 12.8 Å². The highest BCUT2D eigenvalue weighted by Gasteiger charge is 2.37. The van der Waals surface area contributed by atoms with Gasteiger partial charge in [-0.2, -0.15) is 0 Å². The van der Waals surface area contributed by atoms with Crippen molar-refractivity contribution in [1.82, 2.24) is 4.90 Å². The van der Waals surface area contributed by atoms with Gasteiger partial charge in [0.25, 0.3) is 5.91 Å². The fourth-order valence-corrected chi connectivity index (χ4v) is 3.42. The Morgan fingerprint density at radius 3 is 2.60 bits per heavy atom. The largest absolute Gasteiger partial charge is 0.495 e. The van der Waals surface area contributed by atoms with Crippen molar-refractivity contribution >= 4 is 23.5 Å². The molecule has 0 aromatic heterocycles. The number of carbonyl (C=O) groups is 3. The first-order valence-electron chi connectivity index (χ1n) is 9.78. The van der Waals surface area contributed by atoms with E-state index in [1.807, 2.05) is 49.4 Å². The number of amides is 2. The molecule has 0 spiro atoms. The molecule has 3 rings (SSSR count). The number of benzene rings is 2. The van der Waals surface area contributed by atoms with Crippen LogP contribution in [0.2, 0.25) is 0 Å². The lowest BCUT2D eigenvalue weighted by Gasteiger charge is -2.20. The molecule has 2 aromatic rings. The van der Waals surface area contributed by atoms with Crippen LogP contribution >= 0.6 is 0 Å². The van der Waals surface area contributed by atoms with Crippen molar-refractivity contribution < 1.29 is 23.9 Å². The quantitative estimate of drug-likeness (QED) is 0.656. The van der Waals surface area contributed by atoms with E-state index in [4.69, 9.17) is 9.47 Å². The van der Waals surface area contributed by atoms with Crippen LogP contribution in [-0.4, -0.2) is 50.0 Å². The monoisotopic (exact) mass is 410 g/mol. The number of rotatable bonds is 7. The molecule has 0 N–H and O–H groups in total. The summed E-state index contributed by atoms with van der Waals surface area (Å²) < 4.78 is 10.6. The topological polar surface area (TPSA) is 76.2 Å². The number of methoxy groups -OCH3 is 1. The number of carbonyl (C=O) groups excluding carboxylic acids is 3. The van der Waals surface area contributed by atoms with Crippen molar-refractivity contribution in [2.75, 3.05) is 32.2 Å². The normalized spacial score (nSPS) is 15.8. The molecule has 0 bridgehead atoms. The van der Waals surface area contributed by atoms with Crippen LogP contribution in [0.15, 0.2) is 48.5 Å². The predicted molar refractivity (Wildman–Crippen MR) is 112 cm³/mol. The van der Waals surface area contributed by atoms with E-state index in [2.05, 4.69) is 0 Å². The van der Waals surface area contributed by atoms with E-state index in [0.717, 1.165) is 11.1 Å². The summed E-state index contributed by atoms with van der Waals surface area (Å²) in [6.45, 7) is 2.21. The summed E-state index contributed by atoms with van der Waals surface area (Å²) >= 11 is 0. The number of anilines is 1. The lowest BCUT2D eigenvalue weighted by Crippen LogP contribution is -2.32. The lowest BCUT2D eigenvalue weighted by atomic mass is 10.1. The first kappa shape index (κ1) is 21.4. The molecule has 7 heteroatoms. The van der Waals surface area contributed by atoms with Gasteiger partial charge in [0.15, 0.2) is 6.61 Å². The molecule has 2 aromatic carbocycles. The van der Waals surface area contributed by atoms with Gasteiger partial charge in [0, 0.05) is 26.6 Å². The molecule has 1 aliphatic heterocycles. The summed E-state index contributed by atoms with van der Waals surface area (Å²) in [6.07, 6.45) is 0.0456. The summed E-state index contributed by atoms with van der Waals surface area (Å²) in [6, 6.07) is 15.1. The highest BCUT2D eigenvalue weighted by atomic mass is 16.5. The van der Waals surface area contributed by atoms with Gasteiger partial charge in [-0.1, -0.05) is 36.4 Å². The van der Waals surface area contributed by atoms with Gasteiger partial charge in [-0.05, 0) is 30.2 Å². The van der Waals surface area contributed by atoms with Gasteiger partial charge < -0.3 is 19.3 Å².